The van der Waals surface area contributed by atoms with E-state index in [2.05, 4.69) is 0 Å². The maximum absolute atomic E-state index is 10.9. The summed E-state index contributed by atoms with van der Waals surface area (Å²) < 4.78 is 15.5. The van der Waals surface area contributed by atoms with Gasteiger partial charge in [-0.2, -0.15) is 0 Å². The summed E-state index contributed by atoms with van der Waals surface area (Å²) in [5, 5.41) is 0. The Kier molecular flexibility index (Phi) is 4.59. The first-order chi connectivity index (χ1) is 8.75. The summed E-state index contributed by atoms with van der Waals surface area (Å²) in [6, 6.07) is 10.0. The second kappa shape index (κ2) is 6.40. The highest BCUT2D eigenvalue weighted by Gasteiger charge is 2.32. The largest absolute Gasteiger partial charge is 0.509 e. The van der Waals surface area contributed by atoms with E-state index in [1.807, 2.05) is 37.3 Å². The number of carbonyl (C=O) groups is 1. The SMILES string of the molecule is CC1OC(=O)OC1CCCOCc1ccccc1. The summed E-state index contributed by atoms with van der Waals surface area (Å²) in [6.45, 7) is 3.13. The molecule has 0 spiro atoms. The van der Waals surface area contributed by atoms with Crippen molar-refractivity contribution in [2.24, 2.45) is 0 Å². The second-order valence-corrected chi connectivity index (χ2v) is 4.41. The summed E-state index contributed by atoms with van der Waals surface area (Å²) >= 11 is 0. The molecule has 0 amide bonds. The molecule has 2 atom stereocenters. The number of hydrogen-bond donors (Lipinski definition) is 0. The third kappa shape index (κ3) is 3.74. The van der Waals surface area contributed by atoms with Crippen LogP contribution in [-0.2, 0) is 20.8 Å². The quantitative estimate of drug-likeness (QED) is 0.575. The van der Waals surface area contributed by atoms with Crippen molar-refractivity contribution in [2.75, 3.05) is 6.61 Å². The lowest BCUT2D eigenvalue weighted by molar-refractivity contribution is 0.0925. The van der Waals surface area contributed by atoms with Crippen molar-refractivity contribution >= 4 is 6.16 Å². The number of carbonyl (C=O) groups excluding carboxylic acids is 1. The number of cyclic esters (lactones) is 2. The van der Waals surface area contributed by atoms with Crippen LogP contribution in [0.4, 0.5) is 4.79 Å². The summed E-state index contributed by atoms with van der Waals surface area (Å²) in [5.41, 5.74) is 1.17. The van der Waals surface area contributed by atoms with Crippen LogP contribution in [0.3, 0.4) is 0 Å². The van der Waals surface area contributed by atoms with Crippen molar-refractivity contribution in [3.05, 3.63) is 35.9 Å². The number of rotatable bonds is 6. The number of benzene rings is 1. The van der Waals surface area contributed by atoms with Crippen molar-refractivity contribution in [3.63, 3.8) is 0 Å². The normalized spacial score (nSPS) is 22.6. The van der Waals surface area contributed by atoms with Gasteiger partial charge in [-0.1, -0.05) is 30.3 Å². The Bertz CT molecular complexity index is 377. The molecule has 98 valence electrons. The Labute approximate surface area is 107 Å². The zero-order valence-electron chi connectivity index (χ0n) is 10.5. The minimum Gasteiger partial charge on any atom is -0.427 e. The van der Waals surface area contributed by atoms with Gasteiger partial charge in [0.2, 0.25) is 0 Å². The van der Waals surface area contributed by atoms with Crippen molar-refractivity contribution in [1.29, 1.82) is 0 Å². The Morgan fingerprint density at radius 2 is 2.00 bits per heavy atom. The molecule has 1 saturated heterocycles. The molecule has 0 radical (unpaired) electrons. The van der Waals surface area contributed by atoms with Gasteiger partial charge < -0.3 is 14.2 Å². The maximum atomic E-state index is 10.9. The molecule has 18 heavy (non-hydrogen) atoms. The van der Waals surface area contributed by atoms with Gasteiger partial charge in [-0.25, -0.2) is 4.79 Å². The molecule has 0 N–H and O–H groups in total. The first-order valence-corrected chi connectivity index (χ1v) is 6.24. The third-order valence-corrected chi connectivity index (χ3v) is 2.94. The molecule has 4 heteroatoms. The van der Waals surface area contributed by atoms with E-state index < -0.39 is 6.16 Å². The predicted octanol–water partition coefficient (Wildman–Crippen LogP) is 2.91. The fourth-order valence-corrected chi connectivity index (χ4v) is 1.92. The predicted molar refractivity (Wildman–Crippen MR) is 66.1 cm³/mol. The van der Waals surface area contributed by atoms with E-state index in [9.17, 15) is 4.79 Å². The van der Waals surface area contributed by atoms with Crippen LogP contribution in [0.5, 0.6) is 0 Å². The van der Waals surface area contributed by atoms with Crippen LogP contribution in [0.25, 0.3) is 0 Å². The van der Waals surface area contributed by atoms with Gasteiger partial charge in [0.1, 0.15) is 12.2 Å². The zero-order chi connectivity index (χ0) is 12.8. The molecule has 2 unspecified atom stereocenters. The molecule has 1 aliphatic heterocycles. The Morgan fingerprint density at radius 3 is 2.67 bits per heavy atom. The van der Waals surface area contributed by atoms with Crippen molar-refractivity contribution < 1.29 is 19.0 Å². The van der Waals surface area contributed by atoms with Crippen LogP contribution in [0.1, 0.15) is 25.3 Å². The number of hydrogen-bond acceptors (Lipinski definition) is 4. The van der Waals surface area contributed by atoms with Gasteiger partial charge in [-0.05, 0) is 25.3 Å². The summed E-state index contributed by atoms with van der Waals surface area (Å²) in [7, 11) is 0. The lowest BCUT2D eigenvalue weighted by Gasteiger charge is -2.10. The van der Waals surface area contributed by atoms with Crippen LogP contribution >= 0.6 is 0 Å². The van der Waals surface area contributed by atoms with Crippen LogP contribution in [0.15, 0.2) is 30.3 Å². The molecule has 1 aromatic carbocycles. The van der Waals surface area contributed by atoms with E-state index in [0.717, 1.165) is 12.8 Å². The van der Waals surface area contributed by atoms with Gasteiger partial charge in [0.05, 0.1) is 6.61 Å². The van der Waals surface area contributed by atoms with Crippen LogP contribution in [0, 0.1) is 0 Å². The molecule has 1 aliphatic rings. The van der Waals surface area contributed by atoms with E-state index in [0.29, 0.717) is 13.2 Å². The van der Waals surface area contributed by atoms with Crippen molar-refractivity contribution in [3.8, 4) is 0 Å². The van der Waals surface area contributed by atoms with E-state index >= 15 is 0 Å². The van der Waals surface area contributed by atoms with Gasteiger partial charge in [0.25, 0.3) is 0 Å². The van der Waals surface area contributed by atoms with Crippen molar-refractivity contribution in [1.82, 2.24) is 0 Å². The summed E-state index contributed by atoms with van der Waals surface area (Å²) in [6.07, 6.45) is 0.808. The fourth-order valence-electron chi connectivity index (χ4n) is 1.92. The average Bonchev–Trinajstić information content (AvgIpc) is 2.69. The minimum atomic E-state index is -0.558. The molecule has 0 saturated carbocycles. The lowest BCUT2D eigenvalue weighted by Crippen LogP contribution is -2.19. The molecule has 1 fully saturated rings. The minimum absolute atomic E-state index is 0.127. The first kappa shape index (κ1) is 12.9. The van der Waals surface area contributed by atoms with Crippen LogP contribution < -0.4 is 0 Å². The third-order valence-electron chi connectivity index (χ3n) is 2.94. The van der Waals surface area contributed by atoms with Gasteiger partial charge in [-0.15, -0.1) is 0 Å². The topological polar surface area (TPSA) is 44.8 Å². The Hall–Kier alpha value is -1.55. The standard InChI is InChI=1S/C14H18O4/c1-11-13(18-14(15)17-11)8-5-9-16-10-12-6-3-2-4-7-12/h2-4,6-7,11,13H,5,8-10H2,1H3. The lowest BCUT2D eigenvalue weighted by atomic mass is 10.1. The molecule has 4 nitrogen and oxygen atoms in total. The summed E-state index contributed by atoms with van der Waals surface area (Å²) in [5.74, 6) is 0. The summed E-state index contributed by atoms with van der Waals surface area (Å²) in [4.78, 5) is 10.9. The molecule has 0 aliphatic carbocycles. The molecular formula is C14H18O4. The zero-order valence-corrected chi connectivity index (χ0v) is 10.5. The molecule has 2 rings (SSSR count). The van der Waals surface area contributed by atoms with Gasteiger partial charge in [0.15, 0.2) is 0 Å². The molecule has 1 heterocycles. The molecule has 1 aromatic rings. The highest BCUT2D eigenvalue weighted by Crippen LogP contribution is 2.18. The van der Waals surface area contributed by atoms with Gasteiger partial charge >= 0.3 is 6.16 Å². The highest BCUT2D eigenvalue weighted by atomic mass is 16.8. The van der Waals surface area contributed by atoms with E-state index in [1.54, 1.807) is 0 Å². The van der Waals surface area contributed by atoms with Gasteiger partial charge in [-0.3, -0.25) is 0 Å². The number of ether oxygens (including phenoxy) is 3. The van der Waals surface area contributed by atoms with Crippen LogP contribution in [0.2, 0.25) is 0 Å². The highest BCUT2D eigenvalue weighted by molar-refractivity contribution is 5.62. The average molecular weight is 250 g/mol. The molecular weight excluding hydrogens is 232 g/mol. The Morgan fingerprint density at radius 1 is 1.22 bits per heavy atom. The maximum Gasteiger partial charge on any atom is 0.509 e. The monoisotopic (exact) mass is 250 g/mol. The first-order valence-electron chi connectivity index (χ1n) is 6.24. The van der Waals surface area contributed by atoms with Crippen LogP contribution in [-0.4, -0.2) is 25.0 Å². The van der Waals surface area contributed by atoms with E-state index in [4.69, 9.17) is 14.2 Å². The van der Waals surface area contributed by atoms with Crippen molar-refractivity contribution in [2.45, 2.75) is 38.6 Å². The van der Waals surface area contributed by atoms with E-state index in [1.165, 1.54) is 5.56 Å². The molecule has 0 aromatic heterocycles. The van der Waals surface area contributed by atoms with E-state index in [-0.39, 0.29) is 12.2 Å². The molecule has 0 bridgehead atoms. The second-order valence-electron chi connectivity index (χ2n) is 4.41. The Balaban J connectivity index is 1.58. The smallest absolute Gasteiger partial charge is 0.427 e. The van der Waals surface area contributed by atoms with Gasteiger partial charge in [0, 0.05) is 6.61 Å². The fraction of sp³-hybridized carbons (Fsp3) is 0.500.